The summed E-state index contributed by atoms with van der Waals surface area (Å²) >= 11 is 0. The molecule has 0 amide bonds. The van der Waals surface area contributed by atoms with E-state index in [1.165, 1.54) is 0 Å². The van der Waals surface area contributed by atoms with Crippen molar-refractivity contribution in [1.82, 2.24) is 4.90 Å². The minimum Gasteiger partial charge on any atom is -0.392 e. The van der Waals surface area contributed by atoms with E-state index in [2.05, 4.69) is 18.7 Å². The van der Waals surface area contributed by atoms with Gasteiger partial charge in [0.05, 0.1) is 18.3 Å². The van der Waals surface area contributed by atoms with Crippen LogP contribution in [-0.2, 0) is 4.74 Å². The third-order valence-corrected chi connectivity index (χ3v) is 2.02. The molecule has 0 saturated carbocycles. The maximum Gasteiger partial charge on any atom is 0.0678 e. The van der Waals surface area contributed by atoms with Crippen molar-refractivity contribution in [2.75, 3.05) is 19.6 Å². The molecule has 1 aliphatic rings. The molecule has 1 rings (SSSR count). The molecule has 1 heterocycles. The molecule has 1 saturated heterocycles. The van der Waals surface area contributed by atoms with Crippen LogP contribution in [0.2, 0.25) is 0 Å². The summed E-state index contributed by atoms with van der Waals surface area (Å²) in [6.07, 6.45) is 0.363. The average molecular weight is 173 g/mol. The van der Waals surface area contributed by atoms with E-state index in [-0.39, 0.29) is 6.10 Å². The van der Waals surface area contributed by atoms with Crippen LogP contribution in [0.3, 0.4) is 0 Å². The van der Waals surface area contributed by atoms with Crippen molar-refractivity contribution < 1.29 is 9.84 Å². The molecule has 0 spiro atoms. The van der Waals surface area contributed by atoms with Gasteiger partial charge in [-0.25, -0.2) is 0 Å². The highest BCUT2D eigenvalue weighted by atomic mass is 16.5. The van der Waals surface area contributed by atoms with Crippen LogP contribution < -0.4 is 0 Å². The summed E-state index contributed by atoms with van der Waals surface area (Å²) in [4.78, 5) is 2.25. The Balaban J connectivity index is 2.34. The number of hydrogen-bond acceptors (Lipinski definition) is 3. The zero-order chi connectivity index (χ0) is 9.14. The Morgan fingerprint density at radius 2 is 1.92 bits per heavy atom. The van der Waals surface area contributed by atoms with E-state index >= 15 is 0 Å². The smallest absolute Gasteiger partial charge is 0.0678 e. The van der Waals surface area contributed by atoms with Gasteiger partial charge in [-0.3, -0.25) is 4.90 Å². The number of morpholine rings is 1. The first-order chi connectivity index (χ1) is 5.58. The second kappa shape index (κ2) is 4.21. The number of β-amino-alcohol motifs (C(OH)–C–C–N with tert-alkyl or cyclic N) is 1. The van der Waals surface area contributed by atoms with Crippen molar-refractivity contribution >= 4 is 0 Å². The van der Waals surface area contributed by atoms with E-state index in [1.54, 1.807) is 0 Å². The molecule has 0 unspecified atom stereocenters. The maximum atomic E-state index is 9.19. The summed E-state index contributed by atoms with van der Waals surface area (Å²) in [5.74, 6) is 0. The monoisotopic (exact) mass is 173 g/mol. The van der Waals surface area contributed by atoms with Gasteiger partial charge in [0.25, 0.3) is 0 Å². The molecule has 0 aromatic rings. The number of nitrogens with zero attached hydrogens (tertiary/aromatic N) is 1. The third-order valence-electron chi connectivity index (χ3n) is 2.02. The minimum absolute atomic E-state index is 0.234. The predicted octanol–water partition coefficient (Wildman–Crippen LogP) is 0.476. The Kier molecular flexibility index (Phi) is 3.50. The van der Waals surface area contributed by atoms with Gasteiger partial charge >= 0.3 is 0 Å². The van der Waals surface area contributed by atoms with Crippen molar-refractivity contribution in [2.24, 2.45) is 0 Å². The lowest BCUT2D eigenvalue weighted by Gasteiger charge is -2.35. The zero-order valence-electron chi connectivity index (χ0n) is 8.16. The Bertz CT molecular complexity index is 126. The molecule has 0 aliphatic carbocycles. The van der Waals surface area contributed by atoms with E-state index in [0.29, 0.717) is 12.2 Å². The van der Waals surface area contributed by atoms with E-state index in [9.17, 15) is 5.11 Å². The molecule has 1 fully saturated rings. The Morgan fingerprint density at radius 1 is 1.42 bits per heavy atom. The van der Waals surface area contributed by atoms with Crippen LogP contribution >= 0.6 is 0 Å². The predicted molar refractivity (Wildman–Crippen MR) is 48.1 cm³/mol. The molecule has 12 heavy (non-hydrogen) atoms. The highest BCUT2D eigenvalue weighted by Gasteiger charge is 2.22. The van der Waals surface area contributed by atoms with Gasteiger partial charge in [-0.05, 0) is 20.8 Å². The van der Waals surface area contributed by atoms with Gasteiger partial charge in [-0.2, -0.15) is 0 Å². The highest BCUT2D eigenvalue weighted by molar-refractivity contribution is 4.73. The Morgan fingerprint density at radius 3 is 2.33 bits per heavy atom. The van der Waals surface area contributed by atoms with Gasteiger partial charge in [0.2, 0.25) is 0 Å². The number of aliphatic hydroxyl groups excluding tert-OH is 1. The van der Waals surface area contributed by atoms with Gasteiger partial charge in [-0.15, -0.1) is 0 Å². The number of hydrogen-bond donors (Lipinski definition) is 1. The summed E-state index contributed by atoms with van der Waals surface area (Å²) < 4.78 is 5.57. The summed E-state index contributed by atoms with van der Waals surface area (Å²) in [6.45, 7) is 8.61. The summed E-state index contributed by atoms with van der Waals surface area (Å²) in [6, 6.07) is 0. The van der Waals surface area contributed by atoms with E-state index in [4.69, 9.17) is 4.74 Å². The topological polar surface area (TPSA) is 32.7 Å². The summed E-state index contributed by atoms with van der Waals surface area (Å²) in [7, 11) is 0. The molecule has 3 atom stereocenters. The molecule has 0 radical (unpaired) electrons. The molecule has 0 aromatic carbocycles. The molecule has 0 bridgehead atoms. The molecule has 1 N–H and O–H groups in total. The average Bonchev–Trinajstić information content (AvgIpc) is 1.81. The second-order valence-corrected chi connectivity index (χ2v) is 3.82. The Labute approximate surface area is 74.3 Å². The van der Waals surface area contributed by atoms with E-state index < -0.39 is 0 Å². The standard InChI is InChI=1S/C9H19NO2/c1-7(11)4-10-5-8(2)12-9(3)6-10/h7-9,11H,4-6H2,1-3H3/t7-,8-,9+/m0/s1. The minimum atomic E-state index is -0.234. The van der Waals surface area contributed by atoms with Crippen molar-refractivity contribution in [3.05, 3.63) is 0 Å². The number of rotatable bonds is 2. The largest absolute Gasteiger partial charge is 0.392 e. The third kappa shape index (κ3) is 3.09. The summed E-state index contributed by atoms with van der Waals surface area (Å²) in [5.41, 5.74) is 0. The van der Waals surface area contributed by atoms with Crippen molar-refractivity contribution in [1.29, 1.82) is 0 Å². The first kappa shape index (κ1) is 9.96. The lowest BCUT2D eigenvalue weighted by molar-refractivity contribution is -0.0752. The fourth-order valence-electron chi connectivity index (χ4n) is 1.81. The SMILES string of the molecule is C[C@H](O)CN1C[C@@H](C)O[C@@H](C)C1. The first-order valence-corrected chi connectivity index (χ1v) is 4.64. The van der Waals surface area contributed by atoms with Gasteiger partial charge in [-0.1, -0.05) is 0 Å². The molecular formula is C9H19NO2. The van der Waals surface area contributed by atoms with Crippen LogP contribution in [0.4, 0.5) is 0 Å². The maximum absolute atomic E-state index is 9.19. The fourth-order valence-corrected chi connectivity index (χ4v) is 1.81. The molecule has 72 valence electrons. The molecule has 1 aliphatic heterocycles. The van der Waals surface area contributed by atoms with Crippen molar-refractivity contribution in [3.8, 4) is 0 Å². The number of aliphatic hydroxyl groups is 1. The van der Waals surface area contributed by atoms with Gasteiger partial charge in [0, 0.05) is 19.6 Å². The van der Waals surface area contributed by atoms with Crippen LogP contribution in [0.25, 0.3) is 0 Å². The van der Waals surface area contributed by atoms with Crippen molar-refractivity contribution in [3.63, 3.8) is 0 Å². The molecule has 0 aromatic heterocycles. The zero-order valence-corrected chi connectivity index (χ0v) is 8.16. The van der Waals surface area contributed by atoms with Crippen LogP contribution in [0.1, 0.15) is 20.8 Å². The van der Waals surface area contributed by atoms with Crippen LogP contribution in [0.5, 0.6) is 0 Å². The number of ether oxygens (including phenoxy) is 1. The van der Waals surface area contributed by atoms with Crippen LogP contribution in [-0.4, -0.2) is 48.0 Å². The Hall–Kier alpha value is -0.120. The normalized spacial score (nSPS) is 35.0. The van der Waals surface area contributed by atoms with Gasteiger partial charge < -0.3 is 9.84 Å². The summed E-state index contributed by atoms with van der Waals surface area (Å²) in [5, 5.41) is 9.19. The first-order valence-electron chi connectivity index (χ1n) is 4.64. The fraction of sp³-hybridized carbons (Fsp3) is 1.00. The lowest BCUT2D eigenvalue weighted by Crippen LogP contribution is -2.47. The van der Waals surface area contributed by atoms with Crippen LogP contribution in [0.15, 0.2) is 0 Å². The highest BCUT2D eigenvalue weighted by Crippen LogP contribution is 2.10. The van der Waals surface area contributed by atoms with E-state index in [1.807, 2.05) is 6.92 Å². The molecule has 3 nitrogen and oxygen atoms in total. The van der Waals surface area contributed by atoms with Crippen molar-refractivity contribution in [2.45, 2.75) is 39.1 Å². The molecule has 3 heteroatoms. The van der Waals surface area contributed by atoms with Crippen LogP contribution in [0, 0.1) is 0 Å². The second-order valence-electron chi connectivity index (χ2n) is 3.82. The quantitative estimate of drug-likeness (QED) is 0.659. The van der Waals surface area contributed by atoms with E-state index in [0.717, 1.165) is 19.6 Å². The van der Waals surface area contributed by atoms with Gasteiger partial charge in [0.1, 0.15) is 0 Å². The van der Waals surface area contributed by atoms with Gasteiger partial charge in [0.15, 0.2) is 0 Å². The lowest BCUT2D eigenvalue weighted by atomic mass is 10.2. The molecular weight excluding hydrogens is 154 g/mol.